The molecule has 5 heteroatoms. The molecule has 0 radical (unpaired) electrons. The Morgan fingerprint density at radius 1 is 1.50 bits per heavy atom. The topological polar surface area (TPSA) is 34.1 Å². The van der Waals surface area contributed by atoms with Crippen LogP contribution in [0.5, 0.6) is 0 Å². The van der Waals surface area contributed by atoms with Crippen LogP contribution < -0.4 is 0 Å². The minimum atomic E-state index is -1.64. The van der Waals surface area contributed by atoms with Crippen LogP contribution in [0.3, 0.4) is 0 Å². The summed E-state index contributed by atoms with van der Waals surface area (Å²) < 4.78 is 11.0. The second-order valence-corrected chi connectivity index (χ2v) is 5.00. The third-order valence-corrected chi connectivity index (χ3v) is 3.25. The Morgan fingerprint density at radius 3 is 2.64 bits per heavy atom. The molecule has 2 nitrogen and oxygen atoms in total. The van der Waals surface area contributed by atoms with Crippen molar-refractivity contribution in [3.63, 3.8) is 0 Å². The summed E-state index contributed by atoms with van der Waals surface area (Å²) in [5.74, 6) is 0.0404. The van der Waals surface area contributed by atoms with Crippen molar-refractivity contribution in [2.24, 2.45) is 0 Å². The standard InChI is InChI=1S/C9H8Cl2O2S/c1-6(12)4-7-2-3-8(10)9(5-7)14(11)13/h2-3,5H,4H2,1H3. The fourth-order valence-electron chi connectivity index (χ4n) is 1.07. The maximum atomic E-state index is 11.0. The molecule has 0 aliphatic heterocycles. The highest BCUT2D eigenvalue weighted by Crippen LogP contribution is 2.23. The van der Waals surface area contributed by atoms with E-state index in [1.54, 1.807) is 18.2 Å². The molecule has 0 aromatic heterocycles. The number of rotatable bonds is 3. The Hall–Kier alpha value is -0.380. The van der Waals surface area contributed by atoms with E-state index in [-0.39, 0.29) is 5.78 Å². The Bertz CT molecular complexity index is 390. The average Bonchev–Trinajstić information content (AvgIpc) is 2.07. The number of halogens is 2. The van der Waals surface area contributed by atoms with E-state index in [2.05, 4.69) is 0 Å². The largest absolute Gasteiger partial charge is 0.300 e. The Morgan fingerprint density at radius 2 is 2.14 bits per heavy atom. The summed E-state index contributed by atoms with van der Waals surface area (Å²) in [5.41, 5.74) is 0.769. The van der Waals surface area contributed by atoms with Crippen molar-refractivity contribution in [2.75, 3.05) is 0 Å². The molecule has 0 bridgehead atoms. The van der Waals surface area contributed by atoms with Crippen LogP contribution >= 0.6 is 22.3 Å². The minimum absolute atomic E-state index is 0.0404. The summed E-state index contributed by atoms with van der Waals surface area (Å²) in [6.45, 7) is 1.49. The Kier molecular flexibility index (Phi) is 4.11. The molecule has 1 aromatic rings. The van der Waals surface area contributed by atoms with Crippen LogP contribution in [0.2, 0.25) is 5.02 Å². The first-order valence-electron chi connectivity index (χ1n) is 3.86. The summed E-state index contributed by atoms with van der Waals surface area (Å²) in [6.07, 6.45) is 0.304. The second kappa shape index (κ2) is 4.91. The molecule has 0 heterocycles. The highest BCUT2D eigenvalue weighted by molar-refractivity contribution is 8.08. The van der Waals surface area contributed by atoms with Gasteiger partial charge in [0.1, 0.15) is 15.8 Å². The van der Waals surface area contributed by atoms with E-state index in [0.29, 0.717) is 16.3 Å². The van der Waals surface area contributed by atoms with Gasteiger partial charge in [0.2, 0.25) is 0 Å². The van der Waals surface area contributed by atoms with Gasteiger partial charge in [0.25, 0.3) is 0 Å². The maximum Gasteiger partial charge on any atom is 0.149 e. The van der Waals surface area contributed by atoms with Gasteiger partial charge in [0.05, 0.1) is 9.92 Å². The van der Waals surface area contributed by atoms with Gasteiger partial charge in [-0.25, -0.2) is 4.21 Å². The Balaban J connectivity index is 3.06. The van der Waals surface area contributed by atoms with Crippen LogP contribution in [-0.4, -0.2) is 9.99 Å². The molecular weight excluding hydrogens is 243 g/mol. The first-order chi connectivity index (χ1) is 6.50. The lowest BCUT2D eigenvalue weighted by molar-refractivity contribution is -0.116. The van der Waals surface area contributed by atoms with E-state index in [1.807, 2.05) is 0 Å². The number of hydrogen-bond donors (Lipinski definition) is 0. The van der Waals surface area contributed by atoms with E-state index in [9.17, 15) is 9.00 Å². The molecule has 0 spiro atoms. The number of benzene rings is 1. The molecule has 76 valence electrons. The number of Topliss-reactive ketones (excluding diaryl/α,β-unsaturated/α-hetero) is 1. The maximum absolute atomic E-state index is 11.0. The normalized spacial score (nSPS) is 12.5. The molecule has 0 saturated heterocycles. The fourth-order valence-corrected chi connectivity index (χ4v) is 2.36. The molecule has 1 rings (SSSR count). The highest BCUT2D eigenvalue weighted by Gasteiger charge is 2.08. The molecule has 0 amide bonds. The predicted molar refractivity (Wildman–Crippen MR) is 58.1 cm³/mol. The van der Waals surface area contributed by atoms with Crippen molar-refractivity contribution in [3.05, 3.63) is 28.8 Å². The lowest BCUT2D eigenvalue weighted by atomic mass is 10.1. The molecule has 14 heavy (non-hydrogen) atoms. The molecule has 0 N–H and O–H groups in total. The highest BCUT2D eigenvalue weighted by atomic mass is 35.7. The van der Waals surface area contributed by atoms with Crippen LogP contribution in [0.15, 0.2) is 23.1 Å². The van der Waals surface area contributed by atoms with E-state index in [1.165, 1.54) is 6.92 Å². The van der Waals surface area contributed by atoms with Gasteiger partial charge >= 0.3 is 0 Å². The lowest BCUT2D eigenvalue weighted by Gasteiger charge is -2.02. The smallest absolute Gasteiger partial charge is 0.149 e. The van der Waals surface area contributed by atoms with Crippen molar-refractivity contribution < 1.29 is 9.00 Å². The molecule has 0 saturated carbocycles. The summed E-state index contributed by atoms with van der Waals surface area (Å²) in [5, 5.41) is 0.352. The summed E-state index contributed by atoms with van der Waals surface area (Å²) in [7, 11) is 3.78. The molecule has 1 unspecified atom stereocenters. The van der Waals surface area contributed by atoms with E-state index >= 15 is 0 Å². The van der Waals surface area contributed by atoms with Crippen LogP contribution in [-0.2, 0) is 21.2 Å². The predicted octanol–water partition coefficient (Wildman–Crippen LogP) is 2.73. The first-order valence-corrected chi connectivity index (χ1v) is 6.22. The SMILES string of the molecule is CC(=O)Cc1ccc(Cl)c(S(=O)Cl)c1. The van der Waals surface area contributed by atoms with Crippen LogP contribution in [0.1, 0.15) is 12.5 Å². The number of hydrogen-bond acceptors (Lipinski definition) is 2. The molecule has 1 atom stereocenters. The molecule has 1 aromatic carbocycles. The van der Waals surface area contributed by atoms with Crippen molar-refractivity contribution in [3.8, 4) is 0 Å². The number of ketones is 1. The van der Waals surface area contributed by atoms with Crippen molar-refractivity contribution in [1.29, 1.82) is 0 Å². The van der Waals surface area contributed by atoms with Gasteiger partial charge in [0, 0.05) is 6.42 Å². The van der Waals surface area contributed by atoms with Gasteiger partial charge in [-0.1, -0.05) is 17.7 Å². The summed E-state index contributed by atoms with van der Waals surface area (Å²) in [6, 6.07) is 4.90. The van der Waals surface area contributed by atoms with Gasteiger partial charge in [-0.2, -0.15) is 0 Å². The first kappa shape index (κ1) is 11.7. The lowest BCUT2D eigenvalue weighted by Crippen LogP contribution is -1.97. The zero-order valence-electron chi connectivity index (χ0n) is 7.42. The van der Waals surface area contributed by atoms with E-state index in [4.69, 9.17) is 22.3 Å². The third-order valence-electron chi connectivity index (χ3n) is 1.62. The van der Waals surface area contributed by atoms with Gasteiger partial charge in [-0.05, 0) is 35.3 Å². The zero-order chi connectivity index (χ0) is 10.7. The van der Waals surface area contributed by atoms with Gasteiger partial charge < -0.3 is 0 Å². The van der Waals surface area contributed by atoms with Crippen molar-refractivity contribution in [2.45, 2.75) is 18.2 Å². The Labute approximate surface area is 94.2 Å². The van der Waals surface area contributed by atoms with Crippen LogP contribution in [0, 0.1) is 0 Å². The monoisotopic (exact) mass is 250 g/mol. The van der Waals surface area contributed by atoms with Crippen molar-refractivity contribution >= 4 is 38.1 Å². The molecule has 0 fully saturated rings. The van der Waals surface area contributed by atoms with Gasteiger partial charge in [-0.15, -0.1) is 0 Å². The average molecular weight is 251 g/mol. The van der Waals surface area contributed by atoms with Crippen LogP contribution in [0.25, 0.3) is 0 Å². The van der Waals surface area contributed by atoms with Gasteiger partial charge in [0.15, 0.2) is 0 Å². The molecular formula is C9H8Cl2O2S. The quantitative estimate of drug-likeness (QED) is 0.774. The van der Waals surface area contributed by atoms with Gasteiger partial charge in [-0.3, -0.25) is 4.79 Å². The molecule has 0 aliphatic carbocycles. The molecule has 0 aliphatic rings. The van der Waals surface area contributed by atoms with E-state index in [0.717, 1.165) is 5.56 Å². The second-order valence-electron chi connectivity index (χ2n) is 2.87. The van der Waals surface area contributed by atoms with E-state index < -0.39 is 10.0 Å². The minimum Gasteiger partial charge on any atom is -0.300 e. The summed E-state index contributed by atoms with van der Waals surface area (Å²) >= 11 is 5.77. The van der Waals surface area contributed by atoms with Crippen LogP contribution in [0.4, 0.5) is 0 Å². The zero-order valence-corrected chi connectivity index (χ0v) is 9.75. The number of carbonyl (C=O) groups is 1. The fraction of sp³-hybridized carbons (Fsp3) is 0.222. The number of carbonyl (C=O) groups excluding carboxylic acids is 1. The summed E-state index contributed by atoms with van der Waals surface area (Å²) in [4.78, 5) is 11.2. The van der Waals surface area contributed by atoms with Crippen molar-refractivity contribution in [1.82, 2.24) is 0 Å². The third kappa shape index (κ3) is 3.08.